The maximum atomic E-state index is 11.3. The zero-order chi connectivity index (χ0) is 37.4. The number of fused-ring (bicyclic) bond motifs is 1. The van der Waals surface area contributed by atoms with Gasteiger partial charge < -0.3 is 5.11 Å². The Morgan fingerprint density at radius 2 is 1.28 bits per heavy atom. The molecule has 0 radical (unpaired) electrons. The van der Waals surface area contributed by atoms with E-state index in [0.29, 0.717) is 17.3 Å². The highest BCUT2D eigenvalue weighted by atomic mass is 16.3. The molecule has 0 spiro atoms. The summed E-state index contributed by atoms with van der Waals surface area (Å²) in [6, 6.07) is 52.8. The summed E-state index contributed by atoms with van der Waals surface area (Å²) in [7, 11) is 0. The van der Waals surface area contributed by atoms with E-state index in [2.05, 4.69) is 161 Å². The van der Waals surface area contributed by atoms with E-state index in [1.165, 1.54) is 11.1 Å². The average Bonchev–Trinajstić information content (AvgIpc) is 3.57. The van der Waals surface area contributed by atoms with Crippen LogP contribution in [0.4, 0.5) is 0 Å². The summed E-state index contributed by atoms with van der Waals surface area (Å²) in [5.41, 5.74) is 14.5. The van der Waals surface area contributed by atoms with Crippen LogP contribution in [0.3, 0.4) is 0 Å². The van der Waals surface area contributed by atoms with Crippen LogP contribution in [-0.4, -0.2) is 19.6 Å². The minimum atomic E-state index is -0.113. The van der Waals surface area contributed by atoms with Crippen LogP contribution in [0.15, 0.2) is 158 Å². The minimum absolute atomic E-state index is 0.113. The maximum absolute atomic E-state index is 11.3. The standard InChI is InChI=1S/C50H45N3O/c1-33(2)27-34-23-24-45(43(28-34)36-17-10-7-11-18-36)53-46-21-14-20-41(48(46)52-49(53)42-19-12-13-22-47(42)54)38-29-39(31-40(30-38)50(3,4)5)44-32-37(25-26-51-44)35-15-8-6-9-16-35/h6-26,28-33,54H,27H2,1-5H3. The molecule has 4 nitrogen and oxygen atoms in total. The minimum Gasteiger partial charge on any atom is -0.507 e. The smallest absolute Gasteiger partial charge is 0.149 e. The molecule has 0 aliphatic heterocycles. The summed E-state index contributed by atoms with van der Waals surface area (Å²) in [6.07, 6.45) is 2.88. The summed E-state index contributed by atoms with van der Waals surface area (Å²) in [5.74, 6) is 1.40. The van der Waals surface area contributed by atoms with Gasteiger partial charge in [0.2, 0.25) is 0 Å². The molecule has 8 rings (SSSR count). The third kappa shape index (κ3) is 6.83. The molecular formula is C50H45N3O. The molecule has 4 heteroatoms. The van der Waals surface area contributed by atoms with Crippen molar-refractivity contribution in [3.8, 4) is 67.5 Å². The van der Waals surface area contributed by atoms with Crippen LogP contribution in [0.5, 0.6) is 5.75 Å². The number of nitrogens with zero attached hydrogens (tertiary/aromatic N) is 3. The Morgan fingerprint density at radius 1 is 0.593 bits per heavy atom. The molecule has 0 fully saturated rings. The molecule has 0 aliphatic rings. The zero-order valence-electron chi connectivity index (χ0n) is 31.6. The van der Waals surface area contributed by atoms with Crippen molar-refractivity contribution in [2.45, 2.75) is 46.5 Å². The van der Waals surface area contributed by atoms with Crippen molar-refractivity contribution in [3.63, 3.8) is 0 Å². The summed E-state index contributed by atoms with van der Waals surface area (Å²) in [6.45, 7) is 11.3. The summed E-state index contributed by atoms with van der Waals surface area (Å²) in [4.78, 5) is 10.3. The van der Waals surface area contributed by atoms with E-state index in [9.17, 15) is 5.11 Å². The monoisotopic (exact) mass is 703 g/mol. The van der Waals surface area contributed by atoms with E-state index in [-0.39, 0.29) is 11.2 Å². The lowest BCUT2D eigenvalue weighted by Gasteiger charge is -2.22. The van der Waals surface area contributed by atoms with Crippen molar-refractivity contribution >= 4 is 11.0 Å². The van der Waals surface area contributed by atoms with Crippen molar-refractivity contribution in [2.24, 2.45) is 5.92 Å². The van der Waals surface area contributed by atoms with E-state index in [1.54, 1.807) is 6.07 Å². The number of pyridine rings is 1. The van der Waals surface area contributed by atoms with Crippen LogP contribution >= 0.6 is 0 Å². The number of hydrogen-bond acceptors (Lipinski definition) is 3. The molecule has 0 saturated carbocycles. The van der Waals surface area contributed by atoms with Crippen molar-refractivity contribution < 1.29 is 5.11 Å². The van der Waals surface area contributed by atoms with Crippen molar-refractivity contribution in [1.82, 2.24) is 14.5 Å². The van der Waals surface area contributed by atoms with Crippen molar-refractivity contribution in [2.75, 3.05) is 0 Å². The molecule has 0 amide bonds. The van der Waals surface area contributed by atoms with E-state index < -0.39 is 0 Å². The zero-order valence-corrected chi connectivity index (χ0v) is 31.6. The topological polar surface area (TPSA) is 50.9 Å². The van der Waals surface area contributed by atoms with Gasteiger partial charge in [-0.15, -0.1) is 0 Å². The van der Waals surface area contributed by atoms with Gasteiger partial charge >= 0.3 is 0 Å². The summed E-state index contributed by atoms with van der Waals surface area (Å²) in [5, 5.41) is 11.3. The van der Waals surface area contributed by atoms with Crippen LogP contribution in [0.2, 0.25) is 0 Å². The quantitative estimate of drug-likeness (QED) is 0.171. The molecule has 0 aliphatic carbocycles. The fourth-order valence-corrected chi connectivity index (χ4v) is 7.41. The molecule has 2 heterocycles. The van der Waals surface area contributed by atoms with Crippen molar-refractivity contribution in [3.05, 3.63) is 169 Å². The average molecular weight is 704 g/mol. The third-order valence-corrected chi connectivity index (χ3v) is 10.1. The fraction of sp³-hybridized carbons (Fsp3) is 0.160. The number of aromatic nitrogens is 3. The molecule has 0 bridgehead atoms. The second-order valence-electron chi connectivity index (χ2n) is 15.6. The van der Waals surface area contributed by atoms with E-state index in [1.807, 2.05) is 30.5 Å². The number of rotatable bonds is 8. The van der Waals surface area contributed by atoms with Gasteiger partial charge in [-0.2, -0.15) is 0 Å². The lowest BCUT2D eigenvalue weighted by molar-refractivity contribution is 0.477. The van der Waals surface area contributed by atoms with Gasteiger partial charge in [0.1, 0.15) is 11.6 Å². The molecule has 2 aromatic heterocycles. The SMILES string of the molecule is CC(C)Cc1ccc(-n2c(-c3ccccc3O)nc3c(-c4cc(-c5cc(-c6ccccc6)ccn5)cc(C(C)(C)C)c4)cccc32)c(-c2ccccc2)c1. The summed E-state index contributed by atoms with van der Waals surface area (Å²) >= 11 is 0. The summed E-state index contributed by atoms with van der Waals surface area (Å²) < 4.78 is 2.23. The predicted molar refractivity (Wildman–Crippen MR) is 225 cm³/mol. The van der Waals surface area contributed by atoms with Crippen LogP contribution in [-0.2, 0) is 11.8 Å². The molecular weight excluding hydrogens is 659 g/mol. The largest absolute Gasteiger partial charge is 0.507 e. The molecule has 266 valence electrons. The van der Waals surface area contributed by atoms with Gasteiger partial charge in [0, 0.05) is 22.9 Å². The van der Waals surface area contributed by atoms with Gasteiger partial charge in [-0.1, -0.05) is 132 Å². The molecule has 6 aromatic carbocycles. The third-order valence-electron chi connectivity index (χ3n) is 10.1. The Kier molecular flexibility index (Phi) is 9.21. The number of phenols is 1. The van der Waals surface area contributed by atoms with Gasteiger partial charge in [0.05, 0.1) is 28.0 Å². The highest BCUT2D eigenvalue weighted by molar-refractivity contribution is 5.97. The molecule has 0 atom stereocenters. The fourth-order valence-electron chi connectivity index (χ4n) is 7.41. The maximum Gasteiger partial charge on any atom is 0.149 e. The first-order valence-corrected chi connectivity index (χ1v) is 18.8. The number of para-hydroxylation sites is 2. The number of phenolic OH excluding ortho intramolecular Hbond substituents is 1. The predicted octanol–water partition coefficient (Wildman–Crippen LogP) is 13.0. The Hall–Kier alpha value is -6.26. The number of hydrogen-bond donors (Lipinski definition) is 1. The molecule has 1 N–H and O–H groups in total. The van der Waals surface area contributed by atoms with Gasteiger partial charge in [0.25, 0.3) is 0 Å². The van der Waals surface area contributed by atoms with Gasteiger partial charge in [-0.05, 0) is 106 Å². The second kappa shape index (κ2) is 14.3. The number of benzene rings is 6. The van der Waals surface area contributed by atoms with Gasteiger partial charge in [-0.3, -0.25) is 9.55 Å². The first-order valence-electron chi connectivity index (χ1n) is 18.8. The van der Waals surface area contributed by atoms with E-state index >= 15 is 0 Å². The lowest BCUT2D eigenvalue weighted by atomic mass is 9.83. The Morgan fingerprint density at radius 3 is 2.00 bits per heavy atom. The molecule has 0 unspecified atom stereocenters. The van der Waals surface area contributed by atoms with Gasteiger partial charge in [-0.25, -0.2) is 4.98 Å². The highest BCUT2D eigenvalue weighted by Gasteiger charge is 2.23. The Bertz CT molecular complexity index is 2590. The lowest BCUT2D eigenvalue weighted by Crippen LogP contribution is -2.11. The first-order chi connectivity index (χ1) is 26.1. The van der Waals surface area contributed by atoms with Crippen LogP contribution in [0, 0.1) is 5.92 Å². The van der Waals surface area contributed by atoms with Crippen LogP contribution in [0.1, 0.15) is 45.7 Å². The molecule has 0 saturated heterocycles. The normalized spacial score (nSPS) is 11.7. The second-order valence-corrected chi connectivity index (χ2v) is 15.6. The van der Waals surface area contributed by atoms with Crippen LogP contribution in [0.25, 0.3) is 72.7 Å². The van der Waals surface area contributed by atoms with Gasteiger partial charge in [0.15, 0.2) is 0 Å². The first kappa shape index (κ1) is 34.8. The van der Waals surface area contributed by atoms with Crippen LogP contribution < -0.4 is 0 Å². The highest BCUT2D eigenvalue weighted by Crippen LogP contribution is 2.42. The molecule has 54 heavy (non-hydrogen) atoms. The Labute approximate surface area is 318 Å². The van der Waals surface area contributed by atoms with E-state index in [0.717, 1.165) is 67.8 Å². The Balaban J connectivity index is 1.38. The number of aromatic hydroxyl groups is 1. The molecule has 8 aromatic rings. The van der Waals surface area contributed by atoms with E-state index in [4.69, 9.17) is 9.97 Å². The van der Waals surface area contributed by atoms with Crippen molar-refractivity contribution in [1.29, 1.82) is 0 Å². The number of imidazole rings is 1.